The van der Waals surface area contributed by atoms with E-state index in [9.17, 15) is 22.4 Å². The first kappa shape index (κ1) is 21.0. The Kier molecular flexibility index (Phi) is 6.35. The van der Waals surface area contributed by atoms with Crippen molar-refractivity contribution in [2.24, 2.45) is 0 Å². The molecule has 2 aromatic carbocycles. The van der Waals surface area contributed by atoms with Gasteiger partial charge in [-0.1, -0.05) is 11.6 Å². The van der Waals surface area contributed by atoms with Crippen molar-refractivity contribution in [3.63, 3.8) is 0 Å². The quantitative estimate of drug-likeness (QED) is 0.536. The van der Waals surface area contributed by atoms with Crippen LogP contribution in [-0.2, 0) is 14.8 Å². The van der Waals surface area contributed by atoms with E-state index in [-0.39, 0.29) is 21.0 Å². The average Bonchev–Trinajstić information content (AvgIpc) is 2.61. The molecule has 0 amide bonds. The SMILES string of the molecule is CC(OC(=O)c1ccc(Cl)c(S(=O)(=O)N(C)C)c1)C(=O)c1ccc(F)cc1. The molecular weight excluding hydrogens is 397 g/mol. The largest absolute Gasteiger partial charge is 0.451 e. The Balaban J connectivity index is 2.23. The van der Waals surface area contributed by atoms with Gasteiger partial charge in [0.1, 0.15) is 10.7 Å². The van der Waals surface area contributed by atoms with Gasteiger partial charge in [0.15, 0.2) is 6.10 Å². The van der Waals surface area contributed by atoms with Crippen LogP contribution < -0.4 is 0 Å². The summed E-state index contributed by atoms with van der Waals surface area (Å²) in [5.41, 5.74) is 0.113. The fourth-order valence-electron chi connectivity index (χ4n) is 2.16. The number of ketones is 1. The fourth-order valence-corrected chi connectivity index (χ4v) is 3.55. The minimum absolute atomic E-state index is 0.0457. The number of nitrogens with zero attached hydrogens (tertiary/aromatic N) is 1. The zero-order chi connectivity index (χ0) is 20.4. The van der Waals surface area contributed by atoms with Crippen molar-refractivity contribution in [2.45, 2.75) is 17.9 Å². The van der Waals surface area contributed by atoms with Gasteiger partial charge in [-0.25, -0.2) is 21.9 Å². The van der Waals surface area contributed by atoms with E-state index in [1.807, 2.05) is 0 Å². The fraction of sp³-hybridized carbons (Fsp3) is 0.222. The molecule has 0 saturated carbocycles. The molecular formula is C18H17ClFNO5S. The summed E-state index contributed by atoms with van der Waals surface area (Å²) < 4.78 is 43.6. The molecule has 2 rings (SSSR count). The molecule has 1 unspecified atom stereocenters. The molecule has 0 N–H and O–H groups in total. The van der Waals surface area contributed by atoms with E-state index in [4.69, 9.17) is 16.3 Å². The number of hydrogen-bond acceptors (Lipinski definition) is 5. The monoisotopic (exact) mass is 413 g/mol. The Labute approximate surface area is 161 Å². The van der Waals surface area contributed by atoms with Gasteiger partial charge < -0.3 is 4.74 Å². The molecule has 2 aromatic rings. The number of sulfonamides is 1. The van der Waals surface area contributed by atoms with Crippen LogP contribution >= 0.6 is 11.6 Å². The molecule has 0 aliphatic rings. The van der Waals surface area contributed by atoms with Crippen molar-refractivity contribution >= 4 is 33.4 Å². The second kappa shape index (κ2) is 8.16. The molecule has 0 aliphatic heterocycles. The van der Waals surface area contributed by atoms with Gasteiger partial charge in [-0.15, -0.1) is 0 Å². The first-order valence-electron chi connectivity index (χ1n) is 7.77. The standard InChI is InChI=1S/C18H17ClFNO5S/c1-11(17(22)12-4-7-14(20)8-5-12)26-18(23)13-6-9-15(19)16(10-13)27(24,25)21(2)3/h4-11H,1-3H3. The highest BCUT2D eigenvalue weighted by Crippen LogP contribution is 2.25. The van der Waals surface area contributed by atoms with Gasteiger partial charge in [-0.3, -0.25) is 4.79 Å². The number of ether oxygens (including phenoxy) is 1. The van der Waals surface area contributed by atoms with Crippen LogP contribution in [0, 0.1) is 5.82 Å². The Morgan fingerprint density at radius 3 is 2.19 bits per heavy atom. The first-order chi connectivity index (χ1) is 12.5. The van der Waals surface area contributed by atoms with Crippen LogP contribution in [0.15, 0.2) is 47.4 Å². The van der Waals surface area contributed by atoms with Gasteiger partial charge in [0, 0.05) is 19.7 Å². The van der Waals surface area contributed by atoms with Crippen molar-refractivity contribution in [1.29, 1.82) is 0 Å². The molecule has 0 aliphatic carbocycles. The number of hydrogen-bond donors (Lipinski definition) is 0. The van der Waals surface area contributed by atoms with Crippen LogP contribution in [0.4, 0.5) is 4.39 Å². The Morgan fingerprint density at radius 2 is 1.63 bits per heavy atom. The van der Waals surface area contributed by atoms with E-state index in [2.05, 4.69) is 0 Å². The predicted molar refractivity (Wildman–Crippen MR) is 97.9 cm³/mol. The molecule has 9 heteroatoms. The third kappa shape index (κ3) is 4.71. The van der Waals surface area contributed by atoms with Gasteiger partial charge in [0.2, 0.25) is 15.8 Å². The van der Waals surface area contributed by atoms with Crippen LogP contribution in [0.25, 0.3) is 0 Å². The van der Waals surface area contributed by atoms with Gasteiger partial charge in [-0.2, -0.15) is 0 Å². The summed E-state index contributed by atoms with van der Waals surface area (Å²) in [6, 6.07) is 8.47. The summed E-state index contributed by atoms with van der Waals surface area (Å²) in [6.45, 7) is 1.37. The van der Waals surface area contributed by atoms with E-state index in [1.54, 1.807) is 0 Å². The lowest BCUT2D eigenvalue weighted by Gasteiger charge is -2.15. The first-order valence-corrected chi connectivity index (χ1v) is 9.58. The highest BCUT2D eigenvalue weighted by atomic mass is 35.5. The van der Waals surface area contributed by atoms with Crippen molar-refractivity contribution in [1.82, 2.24) is 4.31 Å². The summed E-state index contributed by atoms with van der Waals surface area (Å²) in [4.78, 5) is 24.3. The van der Waals surface area contributed by atoms with Crippen LogP contribution in [0.1, 0.15) is 27.6 Å². The summed E-state index contributed by atoms with van der Waals surface area (Å²) in [5.74, 6) is -1.89. The van der Waals surface area contributed by atoms with Gasteiger partial charge in [0.25, 0.3) is 0 Å². The molecule has 144 valence electrons. The van der Waals surface area contributed by atoms with E-state index < -0.39 is 33.7 Å². The second-order valence-electron chi connectivity index (χ2n) is 5.85. The molecule has 0 heterocycles. The molecule has 0 aromatic heterocycles. The van der Waals surface area contributed by atoms with Crippen LogP contribution in [0.2, 0.25) is 5.02 Å². The van der Waals surface area contributed by atoms with Crippen molar-refractivity contribution in [3.05, 3.63) is 64.4 Å². The summed E-state index contributed by atoms with van der Waals surface area (Å²) in [5, 5.41) is -0.0457. The molecule has 0 saturated heterocycles. The molecule has 1 atom stereocenters. The number of benzene rings is 2. The van der Waals surface area contributed by atoms with E-state index in [0.29, 0.717) is 0 Å². The van der Waals surface area contributed by atoms with E-state index in [0.717, 1.165) is 22.5 Å². The number of halogens is 2. The number of Topliss-reactive ketones (excluding diaryl/α,β-unsaturated/α-hetero) is 1. The minimum atomic E-state index is -3.86. The highest BCUT2D eigenvalue weighted by Gasteiger charge is 2.25. The number of esters is 1. The molecule has 0 fully saturated rings. The maximum absolute atomic E-state index is 12.9. The Bertz CT molecular complexity index is 974. The third-order valence-electron chi connectivity index (χ3n) is 3.71. The van der Waals surface area contributed by atoms with Crippen molar-refractivity contribution < 1.29 is 27.1 Å². The zero-order valence-electron chi connectivity index (χ0n) is 14.8. The molecule has 27 heavy (non-hydrogen) atoms. The van der Waals surface area contributed by atoms with Crippen LogP contribution in [0.3, 0.4) is 0 Å². The molecule has 0 bridgehead atoms. The Hall–Kier alpha value is -2.29. The maximum atomic E-state index is 12.9. The normalized spacial score (nSPS) is 12.7. The summed E-state index contributed by atoms with van der Waals surface area (Å²) >= 11 is 5.94. The Morgan fingerprint density at radius 1 is 1.07 bits per heavy atom. The lowest BCUT2D eigenvalue weighted by molar-refractivity contribution is 0.0318. The summed E-state index contributed by atoms with van der Waals surface area (Å²) in [7, 11) is -1.20. The van der Waals surface area contributed by atoms with E-state index in [1.165, 1.54) is 45.3 Å². The van der Waals surface area contributed by atoms with E-state index >= 15 is 0 Å². The predicted octanol–water partition coefficient (Wildman–Crippen LogP) is 3.16. The highest BCUT2D eigenvalue weighted by molar-refractivity contribution is 7.89. The molecule has 6 nitrogen and oxygen atoms in total. The molecule has 0 spiro atoms. The minimum Gasteiger partial charge on any atom is -0.451 e. The summed E-state index contributed by atoms with van der Waals surface area (Å²) in [6.07, 6.45) is -1.15. The van der Waals surface area contributed by atoms with Gasteiger partial charge >= 0.3 is 5.97 Å². The maximum Gasteiger partial charge on any atom is 0.338 e. The van der Waals surface area contributed by atoms with Gasteiger partial charge in [-0.05, 0) is 49.4 Å². The number of carbonyl (C=O) groups excluding carboxylic acids is 2. The zero-order valence-corrected chi connectivity index (χ0v) is 16.3. The van der Waals surface area contributed by atoms with Crippen LogP contribution in [-0.4, -0.2) is 44.7 Å². The van der Waals surface area contributed by atoms with Crippen LogP contribution in [0.5, 0.6) is 0 Å². The van der Waals surface area contributed by atoms with Gasteiger partial charge in [0.05, 0.1) is 10.6 Å². The molecule has 0 radical (unpaired) electrons. The lowest BCUT2D eigenvalue weighted by Crippen LogP contribution is -2.25. The smallest absolute Gasteiger partial charge is 0.338 e. The third-order valence-corrected chi connectivity index (χ3v) is 6.00. The second-order valence-corrected chi connectivity index (χ2v) is 8.38. The van der Waals surface area contributed by atoms with Crippen molar-refractivity contribution in [2.75, 3.05) is 14.1 Å². The number of rotatable bonds is 6. The van der Waals surface area contributed by atoms with Crippen molar-refractivity contribution in [3.8, 4) is 0 Å². The number of carbonyl (C=O) groups is 2. The lowest BCUT2D eigenvalue weighted by atomic mass is 10.1. The topological polar surface area (TPSA) is 80.8 Å². The average molecular weight is 414 g/mol.